The van der Waals surface area contributed by atoms with Crippen molar-refractivity contribution in [3.05, 3.63) is 11.6 Å². The van der Waals surface area contributed by atoms with Crippen LogP contribution in [0.1, 0.15) is 47.5 Å². The molecule has 0 aromatic carbocycles. The molecule has 0 spiro atoms. The Morgan fingerprint density at radius 2 is 1.64 bits per heavy atom. The van der Waals surface area contributed by atoms with Crippen molar-refractivity contribution in [3.8, 4) is 0 Å². The van der Waals surface area contributed by atoms with E-state index in [0.29, 0.717) is 10.8 Å². The van der Waals surface area contributed by atoms with Gasteiger partial charge >= 0.3 is 0 Å². The van der Waals surface area contributed by atoms with Crippen molar-refractivity contribution < 1.29 is 0 Å². The van der Waals surface area contributed by atoms with Gasteiger partial charge in [-0.05, 0) is 30.6 Å². The summed E-state index contributed by atoms with van der Waals surface area (Å²) >= 11 is 0. The zero-order valence-corrected chi connectivity index (χ0v) is 8.49. The molecular formula is C11H20. The molecule has 0 unspecified atom stereocenters. The van der Waals surface area contributed by atoms with Crippen molar-refractivity contribution in [2.75, 3.05) is 0 Å². The molecule has 11 heavy (non-hydrogen) atoms. The lowest BCUT2D eigenvalue weighted by Gasteiger charge is -2.37. The maximum Gasteiger partial charge on any atom is -0.0147 e. The molecule has 0 N–H and O–H groups in total. The topological polar surface area (TPSA) is 0 Å². The first-order valence-electron chi connectivity index (χ1n) is 4.53. The van der Waals surface area contributed by atoms with Crippen molar-refractivity contribution in [1.29, 1.82) is 0 Å². The van der Waals surface area contributed by atoms with E-state index in [-0.39, 0.29) is 0 Å². The van der Waals surface area contributed by atoms with Crippen LogP contribution >= 0.6 is 0 Å². The normalized spacial score (nSPS) is 27.9. The van der Waals surface area contributed by atoms with Gasteiger partial charge in [0.15, 0.2) is 0 Å². The molecule has 0 heteroatoms. The third-order valence-corrected chi connectivity index (χ3v) is 3.07. The van der Waals surface area contributed by atoms with Crippen LogP contribution in [0.5, 0.6) is 0 Å². The third-order valence-electron chi connectivity index (χ3n) is 3.07. The molecule has 0 radical (unpaired) electrons. The van der Waals surface area contributed by atoms with Crippen LogP contribution in [0, 0.1) is 10.8 Å². The Balaban J connectivity index is 2.89. The summed E-state index contributed by atoms with van der Waals surface area (Å²) in [7, 11) is 0. The molecule has 0 heterocycles. The van der Waals surface area contributed by atoms with Crippen molar-refractivity contribution >= 4 is 0 Å². The molecule has 0 amide bonds. The highest BCUT2D eigenvalue weighted by atomic mass is 14.3. The minimum Gasteiger partial charge on any atom is -0.0794 e. The molecule has 0 nitrogen and oxygen atoms in total. The maximum atomic E-state index is 2.44. The molecule has 64 valence electrons. The van der Waals surface area contributed by atoms with Gasteiger partial charge in [0.1, 0.15) is 0 Å². The Morgan fingerprint density at radius 1 is 1.09 bits per heavy atom. The summed E-state index contributed by atoms with van der Waals surface area (Å²) in [4.78, 5) is 0. The summed E-state index contributed by atoms with van der Waals surface area (Å²) in [6, 6.07) is 0. The van der Waals surface area contributed by atoms with Crippen LogP contribution in [0.3, 0.4) is 0 Å². The molecule has 0 bridgehead atoms. The van der Waals surface area contributed by atoms with Gasteiger partial charge in [0.2, 0.25) is 0 Å². The molecule has 0 fully saturated rings. The van der Waals surface area contributed by atoms with Gasteiger partial charge in [0, 0.05) is 0 Å². The van der Waals surface area contributed by atoms with Gasteiger partial charge < -0.3 is 0 Å². The van der Waals surface area contributed by atoms with Gasteiger partial charge in [0.25, 0.3) is 0 Å². The summed E-state index contributed by atoms with van der Waals surface area (Å²) in [5, 5.41) is 0. The van der Waals surface area contributed by atoms with Gasteiger partial charge in [-0.3, -0.25) is 0 Å². The first-order chi connectivity index (χ1) is 4.83. The van der Waals surface area contributed by atoms with Gasteiger partial charge in [-0.15, -0.1) is 0 Å². The highest BCUT2D eigenvalue weighted by molar-refractivity contribution is 5.17. The lowest BCUT2D eigenvalue weighted by Crippen LogP contribution is -2.24. The van der Waals surface area contributed by atoms with Gasteiger partial charge in [-0.1, -0.05) is 39.3 Å². The van der Waals surface area contributed by atoms with Crippen molar-refractivity contribution in [1.82, 2.24) is 0 Å². The zero-order chi connectivity index (χ0) is 8.70. The minimum atomic E-state index is 0.444. The molecule has 0 atom stereocenters. The van der Waals surface area contributed by atoms with E-state index < -0.39 is 0 Å². The Labute approximate surface area is 70.7 Å². The standard InChI is InChI=1S/C11H20/c1-9-8-10(2,3)6-7-11(9,4)5/h8H,6-7H2,1-5H3. The van der Waals surface area contributed by atoms with E-state index in [1.807, 2.05) is 0 Å². The minimum absolute atomic E-state index is 0.444. The first-order valence-corrected chi connectivity index (χ1v) is 4.53. The average Bonchev–Trinajstić information content (AvgIpc) is 1.81. The highest BCUT2D eigenvalue weighted by Gasteiger charge is 2.30. The van der Waals surface area contributed by atoms with E-state index in [1.54, 1.807) is 5.57 Å². The second-order valence-electron chi connectivity index (χ2n) is 5.20. The van der Waals surface area contributed by atoms with E-state index >= 15 is 0 Å². The van der Waals surface area contributed by atoms with Gasteiger partial charge in [0.05, 0.1) is 0 Å². The van der Waals surface area contributed by atoms with Crippen LogP contribution in [0.25, 0.3) is 0 Å². The second-order valence-corrected chi connectivity index (χ2v) is 5.20. The smallest absolute Gasteiger partial charge is 0.0147 e. The summed E-state index contributed by atoms with van der Waals surface area (Å²) in [5.74, 6) is 0. The Morgan fingerprint density at radius 3 is 2.00 bits per heavy atom. The first kappa shape index (κ1) is 8.83. The Kier molecular flexibility index (Phi) is 1.90. The molecule has 0 aromatic heterocycles. The molecule has 0 saturated heterocycles. The number of hydrogen-bond donors (Lipinski definition) is 0. The molecule has 0 saturated carbocycles. The molecule has 0 aliphatic heterocycles. The monoisotopic (exact) mass is 152 g/mol. The Bertz CT molecular complexity index is 182. The molecule has 0 aromatic rings. The fourth-order valence-electron chi connectivity index (χ4n) is 1.69. The van der Waals surface area contributed by atoms with E-state index in [2.05, 4.69) is 40.7 Å². The zero-order valence-electron chi connectivity index (χ0n) is 8.49. The summed E-state index contributed by atoms with van der Waals surface area (Å²) < 4.78 is 0. The molecule has 1 aliphatic rings. The second kappa shape index (κ2) is 2.36. The lowest BCUT2D eigenvalue weighted by molar-refractivity contribution is 0.280. The lowest BCUT2D eigenvalue weighted by atomic mass is 9.68. The van der Waals surface area contributed by atoms with Crippen molar-refractivity contribution in [2.45, 2.75) is 47.5 Å². The van der Waals surface area contributed by atoms with Crippen molar-refractivity contribution in [3.63, 3.8) is 0 Å². The maximum absolute atomic E-state index is 2.44. The highest BCUT2D eigenvalue weighted by Crippen LogP contribution is 2.43. The largest absolute Gasteiger partial charge is 0.0794 e. The van der Waals surface area contributed by atoms with E-state index in [9.17, 15) is 0 Å². The van der Waals surface area contributed by atoms with Crippen LogP contribution in [0.2, 0.25) is 0 Å². The fraction of sp³-hybridized carbons (Fsp3) is 0.818. The molecule has 1 rings (SSSR count). The van der Waals surface area contributed by atoms with E-state index in [0.717, 1.165) is 0 Å². The predicted molar refractivity (Wildman–Crippen MR) is 50.6 cm³/mol. The van der Waals surface area contributed by atoms with Crippen LogP contribution in [0.4, 0.5) is 0 Å². The number of allylic oxidation sites excluding steroid dienone is 2. The fourth-order valence-corrected chi connectivity index (χ4v) is 1.69. The summed E-state index contributed by atoms with van der Waals surface area (Å²) in [6.07, 6.45) is 5.11. The number of rotatable bonds is 0. The predicted octanol–water partition coefficient (Wildman–Crippen LogP) is 3.78. The van der Waals surface area contributed by atoms with Crippen LogP contribution in [-0.2, 0) is 0 Å². The van der Waals surface area contributed by atoms with Crippen LogP contribution < -0.4 is 0 Å². The third kappa shape index (κ3) is 1.85. The molecular weight excluding hydrogens is 132 g/mol. The average molecular weight is 152 g/mol. The van der Waals surface area contributed by atoms with Crippen LogP contribution in [-0.4, -0.2) is 0 Å². The molecule has 1 aliphatic carbocycles. The van der Waals surface area contributed by atoms with E-state index in [4.69, 9.17) is 0 Å². The summed E-state index contributed by atoms with van der Waals surface area (Å²) in [5.41, 5.74) is 2.46. The van der Waals surface area contributed by atoms with Gasteiger partial charge in [-0.25, -0.2) is 0 Å². The van der Waals surface area contributed by atoms with E-state index in [1.165, 1.54) is 12.8 Å². The van der Waals surface area contributed by atoms with Crippen molar-refractivity contribution in [2.24, 2.45) is 10.8 Å². The number of hydrogen-bond acceptors (Lipinski definition) is 0. The van der Waals surface area contributed by atoms with Crippen LogP contribution in [0.15, 0.2) is 11.6 Å². The SMILES string of the molecule is CC1=CC(C)(C)CCC1(C)C. The summed E-state index contributed by atoms with van der Waals surface area (Å²) in [6.45, 7) is 11.6. The van der Waals surface area contributed by atoms with Gasteiger partial charge in [-0.2, -0.15) is 0 Å². The quantitative estimate of drug-likeness (QED) is 0.463. The Hall–Kier alpha value is -0.260.